The summed E-state index contributed by atoms with van der Waals surface area (Å²) in [6.45, 7) is 1.55. The van der Waals surface area contributed by atoms with Crippen molar-refractivity contribution in [3.05, 3.63) is 36.7 Å². The second kappa shape index (κ2) is 6.64. The van der Waals surface area contributed by atoms with E-state index < -0.39 is 0 Å². The van der Waals surface area contributed by atoms with Crippen molar-refractivity contribution in [1.29, 1.82) is 0 Å². The molecule has 1 unspecified atom stereocenters. The first-order valence-corrected chi connectivity index (χ1v) is 7.68. The van der Waals surface area contributed by atoms with Crippen molar-refractivity contribution in [1.82, 2.24) is 9.97 Å². The first-order chi connectivity index (χ1) is 11.2. The molecule has 6 heteroatoms. The molecule has 23 heavy (non-hydrogen) atoms. The molecular weight excluding hydrogens is 292 g/mol. The zero-order valence-electron chi connectivity index (χ0n) is 13.1. The van der Waals surface area contributed by atoms with Crippen molar-refractivity contribution in [3.63, 3.8) is 0 Å². The van der Waals surface area contributed by atoms with Crippen LogP contribution in [0.1, 0.15) is 12.8 Å². The van der Waals surface area contributed by atoms with E-state index in [1.807, 2.05) is 30.5 Å². The maximum atomic E-state index is 11.4. The van der Waals surface area contributed by atoms with Crippen LogP contribution in [0.15, 0.2) is 36.7 Å². The number of primary amides is 1. The molecule has 0 spiro atoms. The van der Waals surface area contributed by atoms with E-state index >= 15 is 0 Å². The number of carbonyl (C=O) groups is 1. The molecule has 1 saturated heterocycles. The highest BCUT2D eigenvalue weighted by molar-refractivity contribution is 5.77. The van der Waals surface area contributed by atoms with Crippen molar-refractivity contribution in [2.75, 3.05) is 25.1 Å². The number of rotatable bonds is 4. The summed E-state index contributed by atoms with van der Waals surface area (Å²) < 4.78 is 5.06. The summed E-state index contributed by atoms with van der Waals surface area (Å²) in [4.78, 5) is 22.2. The lowest BCUT2D eigenvalue weighted by Crippen LogP contribution is -2.41. The van der Waals surface area contributed by atoms with Crippen LogP contribution in [-0.4, -0.2) is 36.1 Å². The van der Waals surface area contributed by atoms with Gasteiger partial charge in [0.05, 0.1) is 13.0 Å². The summed E-state index contributed by atoms with van der Waals surface area (Å²) in [7, 11) is 1.59. The van der Waals surface area contributed by atoms with Crippen molar-refractivity contribution in [2.24, 2.45) is 11.7 Å². The van der Waals surface area contributed by atoms with Crippen LogP contribution in [0.4, 0.5) is 5.82 Å². The molecule has 0 bridgehead atoms. The molecule has 3 heterocycles. The number of carbonyl (C=O) groups excluding carboxylic acids is 1. The number of amides is 1. The molecule has 6 nitrogen and oxygen atoms in total. The Hall–Kier alpha value is -2.63. The second-order valence-electron chi connectivity index (χ2n) is 5.68. The largest absolute Gasteiger partial charge is 0.481 e. The van der Waals surface area contributed by atoms with Crippen LogP contribution < -0.4 is 15.4 Å². The predicted molar refractivity (Wildman–Crippen MR) is 88.2 cm³/mol. The average molecular weight is 312 g/mol. The minimum atomic E-state index is -0.226. The van der Waals surface area contributed by atoms with Crippen LogP contribution >= 0.6 is 0 Å². The summed E-state index contributed by atoms with van der Waals surface area (Å²) in [6, 6.07) is 7.76. The number of aromatic nitrogens is 2. The van der Waals surface area contributed by atoms with Crippen LogP contribution in [0.2, 0.25) is 0 Å². The number of hydrogen-bond acceptors (Lipinski definition) is 5. The van der Waals surface area contributed by atoms with Gasteiger partial charge in [-0.15, -0.1) is 0 Å². The molecule has 0 aromatic carbocycles. The van der Waals surface area contributed by atoms with E-state index in [-0.39, 0.29) is 11.8 Å². The highest BCUT2D eigenvalue weighted by atomic mass is 16.5. The third kappa shape index (κ3) is 3.41. The fraction of sp³-hybridized carbons (Fsp3) is 0.353. The molecule has 2 N–H and O–H groups in total. The number of methoxy groups -OCH3 is 1. The molecule has 0 aliphatic carbocycles. The van der Waals surface area contributed by atoms with Crippen LogP contribution in [0.5, 0.6) is 5.88 Å². The Morgan fingerprint density at radius 3 is 2.52 bits per heavy atom. The van der Waals surface area contributed by atoms with E-state index in [0.717, 1.165) is 36.3 Å². The van der Waals surface area contributed by atoms with Gasteiger partial charge < -0.3 is 15.4 Å². The maximum Gasteiger partial charge on any atom is 0.222 e. The molecule has 1 atom stereocenters. The van der Waals surface area contributed by atoms with Crippen LogP contribution in [0, 0.1) is 5.92 Å². The first kappa shape index (κ1) is 15.3. The van der Waals surface area contributed by atoms with E-state index in [0.29, 0.717) is 12.4 Å². The smallest absolute Gasteiger partial charge is 0.222 e. The lowest BCUT2D eigenvalue weighted by atomic mass is 9.97. The fourth-order valence-corrected chi connectivity index (χ4v) is 2.83. The predicted octanol–water partition coefficient (Wildman–Crippen LogP) is 1.85. The van der Waals surface area contributed by atoms with Gasteiger partial charge in [-0.3, -0.25) is 4.79 Å². The van der Waals surface area contributed by atoms with Crippen LogP contribution in [0.3, 0.4) is 0 Å². The van der Waals surface area contributed by atoms with E-state index in [1.54, 1.807) is 13.3 Å². The van der Waals surface area contributed by atoms with E-state index in [1.165, 1.54) is 0 Å². The van der Waals surface area contributed by atoms with E-state index in [2.05, 4.69) is 14.9 Å². The Balaban J connectivity index is 1.74. The van der Waals surface area contributed by atoms with Crippen LogP contribution in [0.25, 0.3) is 11.1 Å². The summed E-state index contributed by atoms with van der Waals surface area (Å²) in [5, 5.41) is 0. The standard InChI is InChI=1S/C17H20N4O2/c1-23-16-7-5-13(10-20-16)12-4-6-15(19-9-12)21-8-2-3-14(11-21)17(18)22/h4-7,9-10,14H,2-3,8,11H2,1H3,(H2,18,22). The number of hydrogen-bond donors (Lipinski definition) is 1. The fourth-order valence-electron chi connectivity index (χ4n) is 2.83. The van der Waals surface area contributed by atoms with Gasteiger partial charge in [-0.25, -0.2) is 9.97 Å². The second-order valence-corrected chi connectivity index (χ2v) is 5.68. The minimum Gasteiger partial charge on any atom is -0.481 e. The third-order valence-electron chi connectivity index (χ3n) is 4.17. The Morgan fingerprint density at radius 1 is 1.22 bits per heavy atom. The van der Waals surface area contributed by atoms with Gasteiger partial charge in [0.25, 0.3) is 0 Å². The molecule has 3 rings (SSSR count). The highest BCUT2D eigenvalue weighted by Crippen LogP contribution is 2.24. The van der Waals surface area contributed by atoms with Gasteiger partial charge in [0.1, 0.15) is 5.82 Å². The SMILES string of the molecule is COc1ccc(-c2ccc(N3CCCC(C(N)=O)C3)nc2)cn1. The number of nitrogens with two attached hydrogens (primary N) is 1. The monoisotopic (exact) mass is 312 g/mol. The lowest BCUT2D eigenvalue weighted by molar-refractivity contribution is -0.122. The van der Waals surface area contributed by atoms with Crippen LogP contribution in [-0.2, 0) is 4.79 Å². The minimum absolute atomic E-state index is 0.0870. The number of piperidine rings is 1. The Bertz CT molecular complexity index is 670. The summed E-state index contributed by atoms with van der Waals surface area (Å²) in [5.74, 6) is 1.15. The van der Waals surface area contributed by atoms with Gasteiger partial charge in [-0.05, 0) is 31.0 Å². The topological polar surface area (TPSA) is 81.3 Å². The van der Waals surface area contributed by atoms with Crippen molar-refractivity contribution < 1.29 is 9.53 Å². The number of ether oxygens (including phenoxy) is 1. The van der Waals surface area contributed by atoms with Gasteiger partial charge >= 0.3 is 0 Å². The normalized spacial score (nSPS) is 17.8. The molecule has 2 aromatic rings. The van der Waals surface area contributed by atoms with Crippen molar-refractivity contribution in [2.45, 2.75) is 12.8 Å². The Morgan fingerprint density at radius 2 is 1.96 bits per heavy atom. The summed E-state index contributed by atoms with van der Waals surface area (Å²) in [5.41, 5.74) is 7.41. The summed E-state index contributed by atoms with van der Waals surface area (Å²) in [6.07, 6.45) is 5.41. The zero-order valence-corrected chi connectivity index (χ0v) is 13.1. The molecule has 1 fully saturated rings. The molecule has 0 radical (unpaired) electrons. The van der Waals surface area contributed by atoms with Gasteiger partial charge in [-0.2, -0.15) is 0 Å². The molecule has 1 aliphatic heterocycles. The first-order valence-electron chi connectivity index (χ1n) is 7.68. The average Bonchev–Trinajstić information content (AvgIpc) is 2.62. The summed E-state index contributed by atoms with van der Waals surface area (Å²) >= 11 is 0. The van der Waals surface area contributed by atoms with Crippen molar-refractivity contribution in [3.8, 4) is 17.0 Å². The molecule has 1 aliphatic rings. The molecular formula is C17H20N4O2. The Labute approximate surface area is 135 Å². The number of nitrogens with zero attached hydrogens (tertiary/aromatic N) is 3. The molecule has 2 aromatic heterocycles. The van der Waals surface area contributed by atoms with Gasteiger partial charge in [-0.1, -0.05) is 0 Å². The van der Waals surface area contributed by atoms with Gasteiger partial charge in [0, 0.05) is 42.7 Å². The third-order valence-corrected chi connectivity index (χ3v) is 4.17. The zero-order chi connectivity index (χ0) is 16.2. The van der Waals surface area contributed by atoms with Gasteiger partial charge in [0.15, 0.2) is 0 Å². The van der Waals surface area contributed by atoms with E-state index in [4.69, 9.17) is 10.5 Å². The maximum absolute atomic E-state index is 11.4. The van der Waals surface area contributed by atoms with E-state index in [9.17, 15) is 4.79 Å². The van der Waals surface area contributed by atoms with Crippen molar-refractivity contribution >= 4 is 11.7 Å². The van der Waals surface area contributed by atoms with Gasteiger partial charge in [0.2, 0.25) is 11.8 Å². The quantitative estimate of drug-likeness (QED) is 0.932. The number of pyridine rings is 2. The molecule has 120 valence electrons. The molecule has 1 amide bonds. The highest BCUT2D eigenvalue weighted by Gasteiger charge is 2.24. The number of anilines is 1. The lowest BCUT2D eigenvalue weighted by Gasteiger charge is -2.32. The Kier molecular flexibility index (Phi) is 4.41. The molecule has 0 saturated carbocycles.